The maximum absolute atomic E-state index is 5.37. The topological polar surface area (TPSA) is 21.6 Å². The summed E-state index contributed by atoms with van der Waals surface area (Å²) in [7, 11) is 2.62. The Bertz CT molecular complexity index is 171. The molecule has 0 N–H and O–H groups in total. The van der Waals surface area contributed by atoms with Crippen molar-refractivity contribution in [1.29, 1.82) is 0 Å². The van der Waals surface area contributed by atoms with Crippen LogP contribution in [0.2, 0.25) is 0 Å². The van der Waals surface area contributed by atoms with E-state index >= 15 is 0 Å². The van der Waals surface area contributed by atoms with E-state index in [9.17, 15) is 0 Å². The van der Waals surface area contributed by atoms with Crippen LogP contribution in [0.4, 0.5) is 0 Å². The molecule has 1 aliphatic heterocycles. The maximum atomic E-state index is 5.37. The second-order valence-electron chi connectivity index (χ2n) is 3.92. The highest BCUT2D eigenvalue weighted by atomic mass is 31.0. The normalized spacial score (nSPS) is 24.7. The van der Waals surface area contributed by atoms with Gasteiger partial charge < -0.3 is 4.74 Å². The summed E-state index contributed by atoms with van der Waals surface area (Å²) in [6.45, 7) is 7.33. The summed E-state index contributed by atoms with van der Waals surface area (Å²) >= 11 is 0. The fraction of sp³-hybridized carbons (Fsp3) is 0.875. The van der Waals surface area contributed by atoms with Gasteiger partial charge in [0.05, 0.1) is 6.04 Å². The van der Waals surface area contributed by atoms with Crippen LogP contribution in [0.3, 0.4) is 0 Å². The summed E-state index contributed by atoms with van der Waals surface area (Å²) in [5.41, 5.74) is 0.238. The fourth-order valence-electron chi connectivity index (χ4n) is 0.979. The van der Waals surface area contributed by atoms with Gasteiger partial charge in [0.15, 0.2) is 5.90 Å². The Morgan fingerprint density at radius 2 is 2.27 bits per heavy atom. The van der Waals surface area contributed by atoms with Crippen molar-refractivity contribution in [3.05, 3.63) is 0 Å². The van der Waals surface area contributed by atoms with Crippen molar-refractivity contribution >= 4 is 15.1 Å². The van der Waals surface area contributed by atoms with E-state index in [1.807, 2.05) is 0 Å². The molecule has 1 rings (SSSR count). The Hall–Kier alpha value is -0.100. The molecule has 64 valence electrons. The largest absolute Gasteiger partial charge is 0.478 e. The molecular weight excluding hydrogens is 157 g/mol. The van der Waals surface area contributed by atoms with Gasteiger partial charge in [0, 0.05) is 6.16 Å². The lowest BCUT2D eigenvalue weighted by Crippen LogP contribution is -2.25. The van der Waals surface area contributed by atoms with Crippen LogP contribution in [0.5, 0.6) is 0 Å². The van der Waals surface area contributed by atoms with Crippen molar-refractivity contribution in [2.45, 2.75) is 26.8 Å². The van der Waals surface area contributed by atoms with Crippen LogP contribution >= 0.6 is 9.24 Å². The highest BCUT2D eigenvalue weighted by Gasteiger charge is 2.29. The Kier molecular flexibility index (Phi) is 2.54. The van der Waals surface area contributed by atoms with Crippen LogP contribution in [0.25, 0.3) is 0 Å². The van der Waals surface area contributed by atoms with Crippen molar-refractivity contribution in [3.8, 4) is 0 Å². The molecule has 0 aliphatic carbocycles. The first-order valence-electron chi connectivity index (χ1n) is 3.93. The van der Waals surface area contributed by atoms with E-state index in [-0.39, 0.29) is 5.41 Å². The van der Waals surface area contributed by atoms with Gasteiger partial charge in [0.1, 0.15) is 6.61 Å². The molecule has 0 bridgehead atoms. The molecule has 0 radical (unpaired) electrons. The minimum atomic E-state index is 0.238. The Morgan fingerprint density at radius 3 is 2.55 bits per heavy atom. The number of ether oxygens (including phenoxy) is 1. The Labute approximate surface area is 70.6 Å². The van der Waals surface area contributed by atoms with Gasteiger partial charge >= 0.3 is 0 Å². The van der Waals surface area contributed by atoms with E-state index in [0.29, 0.717) is 6.04 Å². The average Bonchev–Trinajstić information content (AvgIpc) is 2.32. The minimum Gasteiger partial charge on any atom is -0.478 e. The zero-order valence-electron chi connectivity index (χ0n) is 7.42. The SMILES string of the molecule is CC(C)(C)C1COC(CP)=N1. The minimum absolute atomic E-state index is 0.238. The standard InChI is InChI=1S/C8H16NOP/c1-8(2,3)6-4-10-7(5-11)9-6/h6H,4-5,11H2,1-3H3. The van der Waals surface area contributed by atoms with Crippen molar-refractivity contribution in [3.63, 3.8) is 0 Å². The molecule has 2 unspecified atom stereocenters. The van der Waals surface area contributed by atoms with Crippen LogP contribution in [0, 0.1) is 5.41 Å². The number of rotatable bonds is 1. The first kappa shape index (κ1) is 8.99. The van der Waals surface area contributed by atoms with Gasteiger partial charge in [-0.1, -0.05) is 20.8 Å². The lowest BCUT2D eigenvalue weighted by molar-refractivity contribution is 0.235. The van der Waals surface area contributed by atoms with Crippen molar-refractivity contribution in [2.75, 3.05) is 12.8 Å². The first-order valence-corrected chi connectivity index (χ1v) is 4.75. The highest BCUT2D eigenvalue weighted by molar-refractivity contribution is 7.18. The molecule has 3 heteroatoms. The van der Waals surface area contributed by atoms with E-state index in [2.05, 4.69) is 35.0 Å². The number of hydrogen-bond acceptors (Lipinski definition) is 2. The molecule has 0 aromatic carbocycles. The summed E-state index contributed by atoms with van der Waals surface area (Å²) in [4.78, 5) is 4.45. The van der Waals surface area contributed by atoms with E-state index < -0.39 is 0 Å². The molecule has 0 saturated heterocycles. The lowest BCUT2D eigenvalue weighted by Gasteiger charge is -2.21. The van der Waals surface area contributed by atoms with Gasteiger partial charge in [-0.25, -0.2) is 4.99 Å². The van der Waals surface area contributed by atoms with E-state index in [4.69, 9.17) is 4.74 Å². The first-order chi connectivity index (χ1) is 5.04. The maximum Gasteiger partial charge on any atom is 0.187 e. The molecule has 0 aromatic heterocycles. The number of hydrogen-bond donors (Lipinski definition) is 0. The molecule has 0 spiro atoms. The third-order valence-corrected chi connectivity index (χ3v) is 2.23. The quantitative estimate of drug-likeness (QED) is 0.553. The van der Waals surface area contributed by atoms with Crippen molar-refractivity contribution < 1.29 is 4.74 Å². The molecule has 1 heterocycles. The summed E-state index contributed by atoms with van der Waals surface area (Å²) in [6, 6.07) is 0.345. The number of nitrogens with zero attached hydrogens (tertiary/aromatic N) is 1. The zero-order valence-corrected chi connectivity index (χ0v) is 8.58. The molecule has 2 nitrogen and oxygen atoms in total. The predicted molar refractivity (Wildman–Crippen MR) is 51.2 cm³/mol. The summed E-state index contributed by atoms with van der Waals surface area (Å²) in [6.07, 6.45) is 0.840. The van der Waals surface area contributed by atoms with Crippen LogP contribution in [0.1, 0.15) is 20.8 Å². The Balaban J connectivity index is 2.59. The van der Waals surface area contributed by atoms with Crippen LogP contribution < -0.4 is 0 Å². The second kappa shape index (κ2) is 3.10. The molecular formula is C8H16NOP. The number of aliphatic imine (C=N–C) groups is 1. The molecule has 0 aromatic rings. The van der Waals surface area contributed by atoms with Crippen LogP contribution in [-0.4, -0.2) is 24.7 Å². The molecule has 2 atom stereocenters. The summed E-state index contributed by atoms with van der Waals surface area (Å²) in [5, 5.41) is 0. The summed E-state index contributed by atoms with van der Waals surface area (Å²) < 4.78 is 5.37. The zero-order chi connectivity index (χ0) is 8.48. The van der Waals surface area contributed by atoms with Crippen LogP contribution in [-0.2, 0) is 4.74 Å². The van der Waals surface area contributed by atoms with Crippen LogP contribution in [0.15, 0.2) is 4.99 Å². The molecule has 0 fully saturated rings. The molecule has 11 heavy (non-hydrogen) atoms. The lowest BCUT2D eigenvalue weighted by atomic mass is 9.88. The monoisotopic (exact) mass is 173 g/mol. The van der Waals surface area contributed by atoms with E-state index in [1.165, 1.54) is 0 Å². The van der Waals surface area contributed by atoms with Gasteiger partial charge in [0.25, 0.3) is 0 Å². The average molecular weight is 173 g/mol. The highest BCUT2D eigenvalue weighted by Crippen LogP contribution is 2.25. The summed E-state index contributed by atoms with van der Waals surface area (Å²) in [5.74, 6) is 0.884. The molecule has 0 amide bonds. The smallest absolute Gasteiger partial charge is 0.187 e. The molecule has 1 aliphatic rings. The van der Waals surface area contributed by atoms with Gasteiger partial charge in [-0.3, -0.25) is 0 Å². The van der Waals surface area contributed by atoms with Gasteiger partial charge in [-0.05, 0) is 5.41 Å². The van der Waals surface area contributed by atoms with E-state index in [0.717, 1.165) is 18.7 Å². The fourth-order valence-corrected chi connectivity index (χ4v) is 1.20. The van der Waals surface area contributed by atoms with Gasteiger partial charge in [-0.15, -0.1) is 9.24 Å². The van der Waals surface area contributed by atoms with Gasteiger partial charge in [0.2, 0.25) is 0 Å². The van der Waals surface area contributed by atoms with Gasteiger partial charge in [-0.2, -0.15) is 0 Å². The van der Waals surface area contributed by atoms with E-state index in [1.54, 1.807) is 0 Å². The predicted octanol–water partition coefficient (Wildman–Crippen LogP) is 1.70. The van der Waals surface area contributed by atoms with Crippen molar-refractivity contribution in [1.82, 2.24) is 0 Å². The second-order valence-corrected chi connectivity index (χ2v) is 4.33. The van der Waals surface area contributed by atoms with Crippen molar-refractivity contribution in [2.24, 2.45) is 10.4 Å². The Morgan fingerprint density at radius 1 is 1.64 bits per heavy atom. The molecule has 0 saturated carbocycles. The third-order valence-electron chi connectivity index (χ3n) is 1.88. The third kappa shape index (κ3) is 2.16.